The van der Waals surface area contributed by atoms with Crippen molar-refractivity contribution >= 4 is 5.91 Å². The number of rotatable bonds is 4. The molecule has 3 fully saturated rings. The van der Waals surface area contributed by atoms with Gasteiger partial charge in [0.15, 0.2) is 0 Å². The smallest absolute Gasteiger partial charge is 0.254 e. The normalized spacial score (nSPS) is 27.9. The minimum atomic E-state index is -0.147. The molecule has 0 bridgehead atoms. The first-order valence-electron chi connectivity index (χ1n) is 10.8. The van der Waals surface area contributed by atoms with Crippen LogP contribution in [0, 0.1) is 5.92 Å². The van der Waals surface area contributed by atoms with Crippen LogP contribution in [0.15, 0.2) is 30.3 Å². The molecule has 0 unspecified atom stereocenters. The predicted octanol–water partition coefficient (Wildman–Crippen LogP) is 3.96. The molecule has 1 aliphatic carbocycles. The van der Waals surface area contributed by atoms with Crippen LogP contribution in [0.4, 0.5) is 0 Å². The molecule has 0 N–H and O–H groups in total. The van der Waals surface area contributed by atoms with Crippen LogP contribution < -0.4 is 0 Å². The van der Waals surface area contributed by atoms with Gasteiger partial charge in [0.1, 0.15) is 0 Å². The van der Waals surface area contributed by atoms with Crippen LogP contribution in [-0.2, 0) is 4.74 Å². The van der Waals surface area contributed by atoms with Crippen molar-refractivity contribution in [2.75, 3.05) is 32.7 Å². The Balaban J connectivity index is 1.46. The van der Waals surface area contributed by atoms with Crippen molar-refractivity contribution in [3.8, 4) is 0 Å². The lowest BCUT2D eigenvalue weighted by molar-refractivity contribution is -0.165. The van der Waals surface area contributed by atoms with E-state index in [4.69, 9.17) is 4.74 Å². The number of hydrogen-bond acceptors (Lipinski definition) is 3. The first kappa shape index (κ1) is 18.9. The highest BCUT2D eigenvalue weighted by atomic mass is 16.5. The van der Waals surface area contributed by atoms with E-state index in [0.717, 1.165) is 63.3 Å². The Bertz CT molecular complexity index is 656. The summed E-state index contributed by atoms with van der Waals surface area (Å²) >= 11 is 0. The van der Waals surface area contributed by atoms with Gasteiger partial charge >= 0.3 is 0 Å². The van der Waals surface area contributed by atoms with Crippen LogP contribution in [0.1, 0.15) is 62.7 Å². The Morgan fingerprint density at radius 3 is 2.41 bits per heavy atom. The zero-order valence-corrected chi connectivity index (χ0v) is 17.0. The first-order valence-corrected chi connectivity index (χ1v) is 10.8. The number of carbonyl (C=O) groups is 1. The van der Waals surface area contributed by atoms with Gasteiger partial charge in [-0.2, -0.15) is 0 Å². The summed E-state index contributed by atoms with van der Waals surface area (Å²) in [5.74, 6) is 0.923. The summed E-state index contributed by atoms with van der Waals surface area (Å²) < 4.78 is 6.76. The summed E-state index contributed by atoms with van der Waals surface area (Å²) in [4.78, 5) is 17.8. The monoisotopic (exact) mass is 370 g/mol. The van der Waals surface area contributed by atoms with Gasteiger partial charge in [0, 0.05) is 12.1 Å². The van der Waals surface area contributed by atoms with Gasteiger partial charge in [-0.25, -0.2) is 0 Å². The molecule has 1 aromatic rings. The maximum Gasteiger partial charge on any atom is 0.254 e. The Hall–Kier alpha value is -1.39. The molecule has 0 radical (unpaired) electrons. The number of morpholine rings is 1. The van der Waals surface area contributed by atoms with E-state index in [1.54, 1.807) is 0 Å². The fourth-order valence-electron chi connectivity index (χ4n) is 4.73. The number of amides is 1. The van der Waals surface area contributed by atoms with Crippen molar-refractivity contribution in [3.63, 3.8) is 0 Å². The maximum absolute atomic E-state index is 13.1. The molecule has 1 aromatic carbocycles. The molecular formula is C23H34N2O2. The third kappa shape index (κ3) is 4.38. The van der Waals surface area contributed by atoms with Gasteiger partial charge in [0.2, 0.25) is 0 Å². The lowest BCUT2D eigenvalue weighted by atomic mass is 9.90. The molecule has 1 amide bonds. The summed E-state index contributed by atoms with van der Waals surface area (Å²) in [6.45, 7) is 9.56. The van der Waals surface area contributed by atoms with Crippen LogP contribution in [0.2, 0.25) is 0 Å². The molecule has 4 nitrogen and oxygen atoms in total. The summed E-state index contributed by atoms with van der Waals surface area (Å²) in [7, 11) is 0. The Morgan fingerprint density at radius 2 is 1.74 bits per heavy atom. The second kappa shape index (κ2) is 7.56. The highest BCUT2D eigenvalue weighted by molar-refractivity contribution is 5.94. The van der Waals surface area contributed by atoms with E-state index in [-0.39, 0.29) is 17.1 Å². The van der Waals surface area contributed by atoms with E-state index < -0.39 is 0 Å². The molecule has 2 spiro atoms. The second-order valence-electron chi connectivity index (χ2n) is 9.37. The molecule has 148 valence electrons. The van der Waals surface area contributed by atoms with Crippen LogP contribution in [0.5, 0.6) is 0 Å². The fraction of sp³-hybridized carbons (Fsp3) is 0.696. The molecule has 0 aromatic heterocycles. The average molecular weight is 371 g/mol. The third-order valence-corrected chi connectivity index (χ3v) is 6.52. The molecule has 27 heavy (non-hydrogen) atoms. The molecule has 3 aliphatic rings. The molecule has 2 saturated heterocycles. The topological polar surface area (TPSA) is 32.8 Å². The van der Waals surface area contributed by atoms with Gasteiger partial charge < -0.3 is 14.5 Å². The van der Waals surface area contributed by atoms with Gasteiger partial charge in [0.05, 0.1) is 24.3 Å². The number of ether oxygens (including phenoxy) is 1. The Kier molecular flexibility index (Phi) is 5.30. The fourth-order valence-corrected chi connectivity index (χ4v) is 4.73. The third-order valence-electron chi connectivity index (χ3n) is 6.52. The van der Waals surface area contributed by atoms with E-state index in [2.05, 4.69) is 23.6 Å². The summed E-state index contributed by atoms with van der Waals surface area (Å²) in [5, 5.41) is 0. The van der Waals surface area contributed by atoms with Crippen LogP contribution in [0.3, 0.4) is 0 Å². The number of nitrogens with zero attached hydrogens (tertiary/aromatic N) is 2. The molecule has 1 atom stereocenters. The second-order valence-corrected chi connectivity index (χ2v) is 9.37. The lowest BCUT2D eigenvalue weighted by Crippen LogP contribution is -2.58. The summed E-state index contributed by atoms with van der Waals surface area (Å²) in [6, 6.07) is 9.75. The van der Waals surface area contributed by atoms with Crippen molar-refractivity contribution in [2.24, 2.45) is 5.92 Å². The molecule has 4 rings (SSSR count). The van der Waals surface area contributed by atoms with Gasteiger partial charge in [-0.1, -0.05) is 32.0 Å². The van der Waals surface area contributed by atoms with E-state index in [9.17, 15) is 4.79 Å². The number of likely N-dealkylation sites (tertiary alicyclic amines) is 1. The standard InChI is InChI=1S/C23H34N2O2/c1-19(2)9-15-24-14-6-10-22(13-16-24)17-25(18-23(27-22)11-12-23)21(26)20-7-4-3-5-8-20/h3-5,7-8,19H,6,9-18H2,1-2H3/t22-/m1/s1. The molecule has 2 heterocycles. The Morgan fingerprint density at radius 1 is 1.04 bits per heavy atom. The van der Waals surface area contributed by atoms with Crippen LogP contribution in [0.25, 0.3) is 0 Å². The van der Waals surface area contributed by atoms with E-state index in [1.807, 2.05) is 30.3 Å². The number of carbonyl (C=O) groups excluding carboxylic acids is 1. The molecular weight excluding hydrogens is 336 g/mol. The zero-order valence-electron chi connectivity index (χ0n) is 17.0. The van der Waals surface area contributed by atoms with E-state index >= 15 is 0 Å². The largest absolute Gasteiger partial charge is 0.365 e. The minimum Gasteiger partial charge on any atom is -0.365 e. The Labute approximate surface area is 163 Å². The van der Waals surface area contributed by atoms with Gasteiger partial charge in [-0.3, -0.25) is 4.79 Å². The lowest BCUT2D eigenvalue weighted by Gasteiger charge is -2.47. The highest BCUT2D eigenvalue weighted by Gasteiger charge is 2.56. The van der Waals surface area contributed by atoms with E-state index in [0.29, 0.717) is 0 Å². The van der Waals surface area contributed by atoms with Gasteiger partial charge in [-0.05, 0) is 69.7 Å². The van der Waals surface area contributed by atoms with Crippen LogP contribution in [-0.4, -0.2) is 59.6 Å². The summed E-state index contributed by atoms with van der Waals surface area (Å²) in [6.07, 6.45) is 6.75. The highest BCUT2D eigenvalue weighted by Crippen LogP contribution is 2.49. The SMILES string of the molecule is CC(C)CCN1CCC[C@@]2(CC1)CN(C(=O)c1ccccc1)CC1(CC1)O2. The van der Waals surface area contributed by atoms with E-state index in [1.165, 1.54) is 19.4 Å². The van der Waals surface area contributed by atoms with Crippen molar-refractivity contribution in [2.45, 2.75) is 63.6 Å². The van der Waals surface area contributed by atoms with Crippen molar-refractivity contribution in [1.29, 1.82) is 0 Å². The van der Waals surface area contributed by atoms with Crippen molar-refractivity contribution in [3.05, 3.63) is 35.9 Å². The van der Waals surface area contributed by atoms with Gasteiger partial charge in [0.25, 0.3) is 5.91 Å². The minimum absolute atomic E-state index is 0.0597. The quantitative estimate of drug-likeness (QED) is 0.804. The predicted molar refractivity (Wildman–Crippen MR) is 108 cm³/mol. The maximum atomic E-state index is 13.1. The first-order chi connectivity index (χ1) is 13.0. The number of benzene rings is 1. The molecule has 4 heteroatoms. The average Bonchev–Trinajstić information content (AvgIpc) is 3.43. The zero-order chi connectivity index (χ0) is 18.9. The molecule has 2 aliphatic heterocycles. The molecule has 1 saturated carbocycles. The number of hydrogen-bond donors (Lipinski definition) is 0. The van der Waals surface area contributed by atoms with Gasteiger partial charge in [-0.15, -0.1) is 0 Å². The van der Waals surface area contributed by atoms with Crippen LogP contribution >= 0.6 is 0 Å². The summed E-state index contributed by atoms with van der Waals surface area (Å²) in [5.41, 5.74) is 0.596. The van der Waals surface area contributed by atoms with Crippen molar-refractivity contribution < 1.29 is 9.53 Å². The van der Waals surface area contributed by atoms with Crippen molar-refractivity contribution in [1.82, 2.24) is 9.80 Å².